The van der Waals surface area contributed by atoms with Crippen molar-refractivity contribution in [1.29, 1.82) is 0 Å². The third kappa shape index (κ3) is 3.19. The van der Waals surface area contributed by atoms with Gasteiger partial charge in [0.2, 0.25) is 3.70 Å². The third-order valence-corrected chi connectivity index (χ3v) is 3.54. The zero-order valence-corrected chi connectivity index (χ0v) is 11.3. The molecule has 1 heterocycles. The van der Waals surface area contributed by atoms with Gasteiger partial charge in [-0.2, -0.15) is 0 Å². The summed E-state index contributed by atoms with van der Waals surface area (Å²) in [6.07, 6.45) is -3.37. The number of alkyl halides is 2. The summed E-state index contributed by atoms with van der Waals surface area (Å²) < 4.78 is 47.3. The molecule has 0 aliphatic heterocycles. The number of aromatic nitrogens is 1. The van der Waals surface area contributed by atoms with Gasteiger partial charge in [0.15, 0.2) is 0 Å². The molecule has 0 aliphatic rings. The van der Waals surface area contributed by atoms with Crippen molar-refractivity contribution in [2.45, 2.75) is 11.3 Å². The van der Waals surface area contributed by atoms with Crippen LogP contribution >= 0.6 is 33.3 Å². The first kappa shape index (κ1) is 14.4. The van der Waals surface area contributed by atoms with E-state index >= 15 is 0 Å². The monoisotopic (exact) mass is 398 g/mol. The largest absolute Gasteiger partial charge is 0.374 e. The SMILES string of the molecule is O=[N+]([O-])c1nc(I)cc(S(=O)(=O)Cl)c1C(F)F. The van der Waals surface area contributed by atoms with Crippen molar-refractivity contribution in [2.75, 3.05) is 0 Å². The van der Waals surface area contributed by atoms with Gasteiger partial charge in [-0.1, -0.05) is 0 Å². The van der Waals surface area contributed by atoms with E-state index in [-0.39, 0.29) is 3.70 Å². The Labute approximate surface area is 112 Å². The summed E-state index contributed by atoms with van der Waals surface area (Å²) in [6, 6.07) is 0.747. The van der Waals surface area contributed by atoms with Gasteiger partial charge in [-0.15, -0.1) is 0 Å². The Bertz CT molecular complexity index is 580. The molecular weight excluding hydrogens is 396 g/mol. The predicted octanol–water partition coefficient (Wildman–Crippen LogP) is 2.46. The van der Waals surface area contributed by atoms with Gasteiger partial charge in [0.05, 0.1) is 0 Å². The molecule has 1 aromatic rings. The summed E-state index contributed by atoms with van der Waals surface area (Å²) in [4.78, 5) is 11.6. The fourth-order valence-electron chi connectivity index (χ4n) is 1.04. The average Bonchev–Trinajstić information content (AvgIpc) is 2.14. The van der Waals surface area contributed by atoms with Gasteiger partial charge in [0.1, 0.15) is 10.5 Å². The zero-order chi connectivity index (χ0) is 13.4. The Hall–Kier alpha value is -0.620. The third-order valence-electron chi connectivity index (χ3n) is 1.62. The van der Waals surface area contributed by atoms with Crippen LogP contribution in [0.1, 0.15) is 12.0 Å². The lowest BCUT2D eigenvalue weighted by Gasteiger charge is -2.05. The molecule has 17 heavy (non-hydrogen) atoms. The fourth-order valence-corrected chi connectivity index (χ4v) is 2.87. The van der Waals surface area contributed by atoms with Crippen molar-refractivity contribution in [3.8, 4) is 0 Å². The maximum atomic E-state index is 12.6. The summed E-state index contributed by atoms with van der Waals surface area (Å²) in [5, 5.41) is 10.5. The molecule has 0 unspecified atom stereocenters. The standard InChI is InChI=1S/C6H2ClF2IN2O4S/c7-17(15,16)2-1-3(10)11-6(12(13)14)4(2)5(8)9/h1,5H. The molecule has 0 aliphatic carbocycles. The van der Waals surface area contributed by atoms with Crippen molar-refractivity contribution in [3.05, 3.63) is 25.4 Å². The van der Waals surface area contributed by atoms with E-state index in [1.54, 1.807) is 0 Å². The first-order valence-electron chi connectivity index (χ1n) is 3.72. The van der Waals surface area contributed by atoms with Crippen LogP contribution in [0.2, 0.25) is 0 Å². The van der Waals surface area contributed by atoms with E-state index in [4.69, 9.17) is 10.7 Å². The van der Waals surface area contributed by atoms with Gasteiger partial charge in [-0.05, 0) is 9.91 Å². The smallest absolute Gasteiger partial charge is 0.358 e. The van der Waals surface area contributed by atoms with E-state index < -0.39 is 36.7 Å². The first-order chi connectivity index (χ1) is 7.64. The average molecular weight is 399 g/mol. The summed E-state index contributed by atoms with van der Waals surface area (Å²) >= 11 is 1.46. The molecule has 0 fully saturated rings. The highest BCUT2D eigenvalue weighted by atomic mass is 127. The van der Waals surface area contributed by atoms with Gasteiger partial charge in [0.25, 0.3) is 15.5 Å². The zero-order valence-electron chi connectivity index (χ0n) is 7.60. The van der Waals surface area contributed by atoms with Crippen LogP contribution in [0.3, 0.4) is 0 Å². The molecule has 6 nitrogen and oxygen atoms in total. The van der Waals surface area contributed by atoms with Crippen LogP contribution < -0.4 is 0 Å². The Morgan fingerprint density at radius 3 is 2.41 bits per heavy atom. The van der Waals surface area contributed by atoms with Crippen LogP contribution in [-0.4, -0.2) is 18.3 Å². The summed E-state index contributed by atoms with van der Waals surface area (Å²) in [7, 11) is 0.428. The molecular formula is C6H2ClF2IN2O4S. The van der Waals surface area contributed by atoms with E-state index in [1.165, 1.54) is 22.6 Å². The molecule has 0 saturated carbocycles. The number of nitro groups is 1. The molecule has 1 rings (SSSR count). The number of pyridine rings is 1. The van der Waals surface area contributed by atoms with Gasteiger partial charge in [-0.3, -0.25) is 0 Å². The number of nitrogens with zero attached hydrogens (tertiary/aromatic N) is 2. The molecule has 0 N–H and O–H groups in total. The molecule has 11 heteroatoms. The van der Waals surface area contributed by atoms with Crippen molar-refractivity contribution in [1.82, 2.24) is 4.98 Å². The summed E-state index contributed by atoms with van der Waals surface area (Å²) in [5.41, 5.74) is -1.30. The van der Waals surface area contributed by atoms with Crippen molar-refractivity contribution in [2.24, 2.45) is 0 Å². The number of halogens is 4. The predicted molar refractivity (Wildman–Crippen MR) is 61.6 cm³/mol. The van der Waals surface area contributed by atoms with E-state index in [1.807, 2.05) is 0 Å². The second kappa shape index (κ2) is 4.94. The highest BCUT2D eigenvalue weighted by molar-refractivity contribution is 14.1. The Morgan fingerprint density at radius 1 is 1.53 bits per heavy atom. The number of hydrogen-bond donors (Lipinski definition) is 0. The molecule has 0 spiro atoms. The van der Waals surface area contributed by atoms with Crippen LogP contribution in [0.4, 0.5) is 14.6 Å². The fraction of sp³-hybridized carbons (Fsp3) is 0.167. The number of hydrogen-bond acceptors (Lipinski definition) is 5. The van der Waals surface area contributed by atoms with E-state index in [2.05, 4.69) is 4.98 Å². The van der Waals surface area contributed by atoms with Crippen LogP contribution in [-0.2, 0) is 9.05 Å². The van der Waals surface area contributed by atoms with Crippen molar-refractivity contribution >= 4 is 48.1 Å². The first-order valence-corrected chi connectivity index (χ1v) is 7.11. The van der Waals surface area contributed by atoms with E-state index in [0.717, 1.165) is 6.07 Å². The van der Waals surface area contributed by atoms with Crippen LogP contribution in [0.15, 0.2) is 11.0 Å². The minimum atomic E-state index is -4.51. The maximum Gasteiger partial charge on any atom is 0.374 e. The van der Waals surface area contributed by atoms with E-state index in [9.17, 15) is 27.3 Å². The topological polar surface area (TPSA) is 90.2 Å². The van der Waals surface area contributed by atoms with Gasteiger partial charge >= 0.3 is 5.82 Å². The van der Waals surface area contributed by atoms with Crippen LogP contribution in [0.5, 0.6) is 0 Å². The molecule has 1 aromatic heterocycles. The van der Waals surface area contributed by atoms with Crippen LogP contribution in [0, 0.1) is 13.8 Å². The quantitative estimate of drug-likeness (QED) is 0.256. The Morgan fingerprint density at radius 2 is 2.06 bits per heavy atom. The summed E-state index contributed by atoms with van der Waals surface area (Å²) in [5.74, 6) is -1.22. The minimum absolute atomic E-state index is 0.127. The van der Waals surface area contributed by atoms with Crippen molar-refractivity contribution < 1.29 is 22.1 Å². The molecule has 0 bridgehead atoms. The molecule has 0 saturated heterocycles. The normalized spacial score (nSPS) is 11.8. The lowest BCUT2D eigenvalue weighted by atomic mass is 10.2. The lowest BCUT2D eigenvalue weighted by molar-refractivity contribution is -0.391. The molecule has 94 valence electrons. The maximum absolute atomic E-state index is 12.6. The highest BCUT2D eigenvalue weighted by Gasteiger charge is 2.33. The molecule has 0 atom stereocenters. The molecule has 0 amide bonds. The lowest BCUT2D eigenvalue weighted by Crippen LogP contribution is -2.07. The molecule has 0 aromatic carbocycles. The van der Waals surface area contributed by atoms with Gasteiger partial charge in [0, 0.05) is 39.3 Å². The molecule has 0 radical (unpaired) electrons. The second-order valence-corrected chi connectivity index (χ2v) is 6.32. The summed E-state index contributed by atoms with van der Waals surface area (Å²) in [6.45, 7) is 0. The van der Waals surface area contributed by atoms with Gasteiger partial charge < -0.3 is 10.1 Å². The Balaban J connectivity index is 3.77. The van der Waals surface area contributed by atoms with E-state index in [0.29, 0.717) is 0 Å². The second-order valence-electron chi connectivity index (χ2n) is 2.68. The highest BCUT2D eigenvalue weighted by Crippen LogP contribution is 2.35. The minimum Gasteiger partial charge on any atom is -0.358 e. The Kier molecular flexibility index (Phi) is 4.19. The number of rotatable bonds is 3. The van der Waals surface area contributed by atoms with Crippen LogP contribution in [0.25, 0.3) is 0 Å². The van der Waals surface area contributed by atoms with Crippen molar-refractivity contribution in [3.63, 3.8) is 0 Å². The van der Waals surface area contributed by atoms with Gasteiger partial charge in [-0.25, -0.2) is 17.2 Å².